The number of benzene rings is 3. The van der Waals surface area contributed by atoms with Gasteiger partial charge in [-0.25, -0.2) is 9.48 Å². The number of aromatic nitrogens is 3. The van der Waals surface area contributed by atoms with Crippen molar-refractivity contribution in [3.05, 3.63) is 95.1 Å². The predicted molar refractivity (Wildman–Crippen MR) is 113 cm³/mol. The van der Waals surface area contributed by atoms with Gasteiger partial charge in [-0.05, 0) is 43.7 Å². The van der Waals surface area contributed by atoms with Crippen molar-refractivity contribution in [1.29, 1.82) is 0 Å². The van der Waals surface area contributed by atoms with E-state index in [1.807, 2.05) is 62.4 Å². The molecule has 30 heavy (non-hydrogen) atoms. The quantitative estimate of drug-likeness (QED) is 0.360. The number of hydrogen-bond donors (Lipinski definition) is 0. The first kappa shape index (κ1) is 19.5. The standard InChI is InChI=1S/C24H21N3O3/c1-16-11-13-18(14-12-16)24(29)30-22(23(28)19-8-4-3-7-17(19)2)15-27-21-10-6-5-9-20(21)25-26-27/h3-14,22H,15H2,1-2H3. The lowest BCUT2D eigenvalue weighted by Gasteiger charge is -2.18. The molecule has 0 bridgehead atoms. The van der Waals surface area contributed by atoms with E-state index in [0.29, 0.717) is 16.6 Å². The summed E-state index contributed by atoms with van der Waals surface area (Å²) >= 11 is 0. The zero-order chi connectivity index (χ0) is 21.1. The van der Waals surface area contributed by atoms with Gasteiger partial charge in [-0.2, -0.15) is 0 Å². The van der Waals surface area contributed by atoms with Crippen LogP contribution in [0.15, 0.2) is 72.8 Å². The van der Waals surface area contributed by atoms with E-state index in [2.05, 4.69) is 10.3 Å². The van der Waals surface area contributed by atoms with E-state index in [-0.39, 0.29) is 12.3 Å². The van der Waals surface area contributed by atoms with Crippen molar-refractivity contribution in [2.75, 3.05) is 0 Å². The van der Waals surface area contributed by atoms with Gasteiger partial charge in [-0.3, -0.25) is 4.79 Å². The van der Waals surface area contributed by atoms with Crippen LogP contribution in [0.2, 0.25) is 0 Å². The highest BCUT2D eigenvalue weighted by Crippen LogP contribution is 2.17. The number of fused-ring (bicyclic) bond motifs is 1. The molecule has 3 aromatic carbocycles. The second-order valence-corrected chi connectivity index (χ2v) is 7.20. The number of aryl methyl sites for hydroxylation is 2. The molecule has 0 fully saturated rings. The Morgan fingerprint density at radius 1 is 0.933 bits per heavy atom. The van der Waals surface area contributed by atoms with Crippen LogP contribution in [0, 0.1) is 13.8 Å². The second-order valence-electron chi connectivity index (χ2n) is 7.20. The highest BCUT2D eigenvalue weighted by molar-refractivity contribution is 6.02. The maximum atomic E-state index is 13.3. The molecule has 150 valence electrons. The molecule has 4 aromatic rings. The van der Waals surface area contributed by atoms with Gasteiger partial charge in [-0.1, -0.05) is 59.3 Å². The third-order valence-electron chi connectivity index (χ3n) is 5.00. The van der Waals surface area contributed by atoms with Gasteiger partial charge < -0.3 is 4.74 Å². The van der Waals surface area contributed by atoms with Crippen LogP contribution in [-0.2, 0) is 11.3 Å². The number of para-hydroxylation sites is 1. The predicted octanol–water partition coefficient (Wildman–Crippen LogP) is 4.16. The summed E-state index contributed by atoms with van der Waals surface area (Å²) in [5, 5.41) is 8.28. The Morgan fingerprint density at radius 2 is 1.63 bits per heavy atom. The van der Waals surface area contributed by atoms with Crippen LogP contribution in [0.25, 0.3) is 11.0 Å². The summed E-state index contributed by atoms with van der Waals surface area (Å²) in [6.45, 7) is 3.87. The Morgan fingerprint density at radius 3 is 2.40 bits per heavy atom. The summed E-state index contributed by atoms with van der Waals surface area (Å²) < 4.78 is 7.29. The third kappa shape index (κ3) is 3.98. The van der Waals surface area contributed by atoms with Gasteiger partial charge in [0.15, 0.2) is 6.10 Å². The Bertz CT molecular complexity index is 1210. The lowest BCUT2D eigenvalue weighted by molar-refractivity contribution is 0.0244. The molecule has 1 aromatic heterocycles. The minimum absolute atomic E-state index is 0.0747. The summed E-state index contributed by atoms with van der Waals surface area (Å²) in [5.41, 5.74) is 4.25. The maximum absolute atomic E-state index is 13.3. The van der Waals surface area contributed by atoms with Crippen molar-refractivity contribution in [2.24, 2.45) is 0 Å². The van der Waals surface area contributed by atoms with Crippen molar-refractivity contribution in [2.45, 2.75) is 26.5 Å². The first-order valence-electron chi connectivity index (χ1n) is 9.68. The SMILES string of the molecule is Cc1ccc(C(=O)OC(Cn2nnc3ccccc32)C(=O)c2ccccc2C)cc1. The van der Waals surface area contributed by atoms with Gasteiger partial charge >= 0.3 is 5.97 Å². The summed E-state index contributed by atoms with van der Waals surface area (Å²) in [5.74, 6) is -0.820. The number of carbonyl (C=O) groups excluding carboxylic acids is 2. The van der Waals surface area contributed by atoms with Crippen LogP contribution in [0.4, 0.5) is 0 Å². The normalized spacial score (nSPS) is 11.9. The summed E-state index contributed by atoms with van der Waals surface area (Å²) in [4.78, 5) is 26.1. The number of rotatable bonds is 6. The molecule has 0 spiro atoms. The van der Waals surface area contributed by atoms with E-state index in [4.69, 9.17) is 4.74 Å². The van der Waals surface area contributed by atoms with Crippen LogP contribution in [0.1, 0.15) is 31.8 Å². The minimum Gasteiger partial charge on any atom is -0.448 e. The number of Topliss-reactive ketones (excluding diaryl/α,β-unsaturated/α-hetero) is 1. The fourth-order valence-corrected chi connectivity index (χ4v) is 3.29. The van der Waals surface area contributed by atoms with Crippen molar-refractivity contribution in [3.8, 4) is 0 Å². The monoisotopic (exact) mass is 399 g/mol. The van der Waals surface area contributed by atoms with Gasteiger partial charge in [0, 0.05) is 5.56 Å². The van der Waals surface area contributed by atoms with Crippen molar-refractivity contribution in [1.82, 2.24) is 15.0 Å². The van der Waals surface area contributed by atoms with E-state index in [1.165, 1.54) is 0 Å². The smallest absolute Gasteiger partial charge is 0.338 e. The van der Waals surface area contributed by atoms with Crippen LogP contribution in [-0.4, -0.2) is 32.9 Å². The van der Waals surface area contributed by atoms with Crippen molar-refractivity contribution in [3.63, 3.8) is 0 Å². The molecule has 0 aliphatic rings. The summed E-state index contributed by atoms with van der Waals surface area (Å²) in [7, 11) is 0. The van der Waals surface area contributed by atoms with Crippen molar-refractivity contribution < 1.29 is 14.3 Å². The molecule has 6 heteroatoms. The molecule has 1 unspecified atom stereocenters. The van der Waals surface area contributed by atoms with Crippen molar-refractivity contribution >= 4 is 22.8 Å². The average molecular weight is 399 g/mol. The number of hydrogen-bond acceptors (Lipinski definition) is 5. The molecule has 0 saturated carbocycles. The van der Waals surface area contributed by atoms with Crippen LogP contribution >= 0.6 is 0 Å². The number of esters is 1. The number of nitrogens with zero attached hydrogens (tertiary/aromatic N) is 3. The molecular formula is C24H21N3O3. The molecule has 1 atom stereocenters. The lowest BCUT2D eigenvalue weighted by atomic mass is 10.0. The fraction of sp³-hybridized carbons (Fsp3) is 0.167. The zero-order valence-electron chi connectivity index (χ0n) is 16.8. The Hall–Kier alpha value is -3.80. The molecule has 0 N–H and O–H groups in total. The van der Waals surface area contributed by atoms with E-state index in [9.17, 15) is 9.59 Å². The fourth-order valence-electron chi connectivity index (χ4n) is 3.29. The second kappa shape index (κ2) is 8.29. The topological polar surface area (TPSA) is 74.1 Å². The summed E-state index contributed by atoms with van der Waals surface area (Å²) in [6.07, 6.45) is -1.04. The number of ether oxygens (including phenoxy) is 1. The highest BCUT2D eigenvalue weighted by Gasteiger charge is 2.27. The zero-order valence-corrected chi connectivity index (χ0v) is 16.8. The minimum atomic E-state index is -1.04. The third-order valence-corrected chi connectivity index (χ3v) is 5.00. The van der Waals surface area contributed by atoms with Crippen LogP contribution < -0.4 is 0 Å². The Balaban J connectivity index is 1.67. The van der Waals surface area contributed by atoms with Crippen LogP contribution in [0.5, 0.6) is 0 Å². The summed E-state index contributed by atoms with van der Waals surface area (Å²) in [6, 6.07) is 21.8. The van der Waals surface area contributed by atoms with Crippen LogP contribution in [0.3, 0.4) is 0 Å². The van der Waals surface area contributed by atoms with Gasteiger partial charge in [-0.15, -0.1) is 5.10 Å². The van der Waals surface area contributed by atoms with Gasteiger partial charge in [0.1, 0.15) is 5.52 Å². The average Bonchev–Trinajstić information content (AvgIpc) is 3.16. The van der Waals surface area contributed by atoms with Gasteiger partial charge in [0.05, 0.1) is 17.6 Å². The lowest BCUT2D eigenvalue weighted by Crippen LogP contribution is -2.32. The van der Waals surface area contributed by atoms with Gasteiger partial charge in [0.2, 0.25) is 5.78 Å². The molecule has 1 heterocycles. The first-order chi connectivity index (χ1) is 14.5. The molecule has 0 aliphatic heterocycles. The largest absolute Gasteiger partial charge is 0.448 e. The highest BCUT2D eigenvalue weighted by atomic mass is 16.5. The van der Waals surface area contributed by atoms with E-state index in [0.717, 1.165) is 16.6 Å². The molecule has 4 rings (SSSR count). The molecule has 0 saturated heterocycles. The van der Waals surface area contributed by atoms with Gasteiger partial charge in [0.25, 0.3) is 0 Å². The molecule has 0 radical (unpaired) electrons. The molecule has 0 amide bonds. The Labute approximate surface area is 174 Å². The number of ketones is 1. The maximum Gasteiger partial charge on any atom is 0.338 e. The Kier molecular flexibility index (Phi) is 5.39. The molecule has 0 aliphatic carbocycles. The first-order valence-corrected chi connectivity index (χ1v) is 9.68. The van der Waals surface area contributed by atoms with E-state index >= 15 is 0 Å². The van der Waals surface area contributed by atoms with E-state index < -0.39 is 12.1 Å². The number of carbonyl (C=O) groups is 2. The van der Waals surface area contributed by atoms with E-state index in [1.54, 1.807) is 28.9 Å². The molecule has 6 nitrogen and oxygen atoms in total. The molecular weight excluding hydrogens is 378 g/mol.